The number of likely N-dealkylation sites (tertiary alicyclic amines) is 2. The van der Waals surface area contributed by atoms with Crippen molar-refractivity contribution in [3.63, 3.8) is 0 Å². The van der Waals surface area contributed by atoms with Crippen molar-refractivity contribution in [3.05, 3.63) is 68.9 Å². The Morgan fingerprint density at radius 3 is 2.66 bits per heavy atom. The number of thiophene rings is 1. The SMILES string of the molecule is C=CCC(O)CC1CCN(C[C@H]2CN(Cc3ccc(Cl)cc3Cl)C[C@@H]2c2ccsc2)CC1. The van der Waals surface area contributed by atoms with E-state index in [2.05, 4.69) is 39.3 Å². The van der Waals surface area contributed by atoms with Crippen molar-refractivity contribution < 1.29 is 5.11 Å². The van der Waals surface area contributed by atoms with E-state index in [1.54, 1.807) is 11.3 Å². The van der Waals surface area contributed by atoms with Crippen LogP contribution in [0.5, 0.6) is 0 Å². The topological polar surface area (TPSA) is 26.7 Å². The maximum absolute atomic E-state index is 10.1. The Hall–Kier alpha value is -0.880. The lowest BCUT2D eigenvalue weighted by molar-refractivity contribution is 0.102. The number of nitrogens with zero attached hydrogens (tertiary/aromatic N) is 2. The molecule has 0 aliphatic carbocycles. The molecule has 1 aromatic heterocycles. The van der Waals surface area contributed by atoms with Gasteiger partial charge < -0.3 is 10.0 Å². The molecule has 1 N–H and O–H groups in total. The van der Waals surface area contributed by atoms with E-state index >= 15 is 0 Å². The molecule has 2 fully saturated rings. The summed E-state index contributed by atoms with van der Waals surface area (Å²) < 4.78 is 0. The van der Waals surface area contributed by atoms with E-state index in [-0.39, 0.29) is 6.10 Å². The van der Waals surface area contributed by atoms with Crippen LogP contribution in [0.3, 0.4) is 0 Å². The number of halogens is 2. The average molecular weight is 494 g/mol. The van der Waals surface area contributed by atoms with Crippen LogP contribution < -0.4 is 0 Å². The van der Waals surface area contributed by atoms with Crippen molar-refractivity contribution in [2.45, 2.75) is 44.2 Å². The fraction of sp³-hybridized carbons (Fsp3) is 0.538. The van der Waals surface area contributed by atoms with Gasteiger partial charge in [0.1, 0.15) is 0 Å². The number of benzene rings is 1. The highest BCUT2D eigenvalue weighted by molar-refractivity contribution is 7.08. The van der Waals surface area contributed by atoms with Crippen molar-refractivity contribution >= 4 is 34.5 Å². The van der Waals surface area contributed by atoms with Gasteiger partial charge >= 0.3 is 0 Å². The molecule has 6 heteroatoms. The van der Waals surface area contributed by atoms with E-state index in [1.165, 1.54) is 18.4 Å². The van der Waals surface area contributed by atoms with Crippen LogP contribution in [0.4, 0.5) is 0 Å². The first-order valence-corrected chi connectivity index (χ1v) is 13.4. The minimum atomic E-state index is -0.227. The van der Waals surface area contributed by atoms with Gasteiger partial charge in [0, 0.05) is 42.1 Å². The summed E-state index contributed by atoms with van der Waals surface area (Å²) in [6.07, 6.45) is 5.60. The second-order valence-electron chi connectivity index (χ2n) is 9.51. The minimum Gasteiger partial charge on any atom is -0.393 e. The molecular weight excluding hydrogens is 459 g/mol. The van der Waals surface area contributed by atoms with Gasteiger partial charge in [-0.25, -0.2) is 0 Å². The Morgan fingerprint density at radius 1 is 1.16 bits per heavy atom. The van der Waals surface area contributed by atoms with E-state index in [1.807, 2.05) is 18.2 Å². The fourth-order valence-electron chi connectivity index (χ4n) is 5.44. The molecule has 2 aliphatic rings. The first kappa shape index (κ1) is 24.3. The lowest BCUT2D eigenvalue weighted by atomic mass is 9.87. The van der Waals surface area contributed by atoms with Crippen LogP contribution in [0, 0.1) is 11.8 Å². The molecule has 0 bridgehead atoms. The molecule has 2 aliphatic heterocycles. The molecule has 2 aromatic rings. The van der Waals surface area contributed by atoms with E-state index in [4.69, 9.17) is 23.2 Å². The molecule has 0 amide bonds. The smallest absolute Gasteiger partial charge is 0.0577 e. The zero-order chi connectivity index (χ0) is 22.5. The first-order chi connectivity index (χ1) is 15.5. The highest BCUT2D eigenvalue weighted by atomic mass is 35.5. The molecule has 0 saturated carbocycles. The Morgan fingerprint density at radius 2 is 1.97 bits per heavy atom. The Bertz CT molecular complexity index is 867. The first-order valence-electron chi connectivity index (χ1n) is 11.7. The number of aliphatic hydroxyl groups is 1. The predicted molar refractivity (Wildman–Crippen MR) is 137 cm³/mol. The summed E-state index contributed by atoms with van der Waals surface area (Å²) in [5.74, 6) is 1.83. The van der Waals surface area contributed by atoms with Gasteiger partial charge in [-0.2, -0.15) is 11.3 Å². The highest BCUT2D eigenvalue weighted by Crippen LogP contribution is 2.36. The van der Waals surface area contributed by atoms with Crippen LogP contribution in [0.15, 0.2) is 47.7 Å². The van der Waals surface area contributed by atoms with E-state index < -0.39 is 0 Å². The molecule has 4 rings (SSSR count). The molecule has 2 saturated heterocycles. The summed E-state index contributed by atoms with van der Waals surface area (Å²) >= 11 is 14.3. The van der Waals surface area contributed by atoms with Crippen LogP contribution >= 0.6 is 34.5 Å². The summed E-state index contributed by atoms with van der Waals surface area (Å²) in [5.41, 5.74) is 2.63. The Balaban J connectivity index is 1.35. The molecule has 3 nitrogen and oxygen atoms in total. The zero-order valence-corrected chi connectivity index (χ0v) is 21.0. The van der Waals surface area contributed by atoms with Crippen molar-refractivity contribution in [2.75, 3.05) is 32.7 Å². The summed E-state index contributed by atoms with van der Waals surface area (Å²) in [4.78, 5) is 5.21. The van der Waals surface area contributed by atoms with Gasteiger partial charge in [-0.05, 0) is 90.7 Å². The number of hydrogen-bond donors (Lipinski definition) is 1. The highest BCUT2D eigenvalue weighted by Gasteiger charge is 2.36. The lowest BCUT2D eigenvalue weighted by Crippen LogP contribution is -2.39. The summed E-state index contributed by atoms with van der Waals surface area (Å²) in [5, 5.41) is 16.1. The average Bonchev–Trinajstić information content (AvgIpc) is 3.42. The van der Waals surface area contributed by atoms with Gasteiger partial charge in [-0.1, -0.05) is 35.3 Å². The van der Waals surface area contributed by atoms with Crippen LogP contribution in [0.25, 0.3) is 0 Å². The van der Waals surface area contributed by atoms with Gasteiger partial charge in [0.25, 0.3) is 0 Å². The number of hydrogen-bond acceptors (Lipinski definition) is 4. The van der Waals surface area contributed by atoms with E-state index in [0.29, 0.717) is 29.2 Å². The van der Waals surface area contributed by atoms with Gasteiger partial charge in [0.15, 0.2) is 0 Å². The maximum atomic E-state index is 10.1. The van der Waals surface area contributed by atoms with Crippen LogP contribution in [0.2, 0.25) is 10.0 Å². The van der Waals surface area contributed by atoms with Gasteiger partial charge in [-0.3, -0.25) is 4.90 Å². The second kappa shape index (κ2) is 11.5. The number of aliphatic hydroxyl groups excluding tert-OH is 1. The number of rotatable bonds is 9. The third-order valence-electron chi connectivity index (χ3n) is 7.14. The summed E-state index contributed by atoms with van der Waals surface area (Å²) in [6, 6.07) is 8.14. The molecule has 32 heavy (non-hydrogen) atoms. The molecule has 3 heterocycles. The zero-order valence-electron chi connectivity index (χ0n) is 18.6. The van der Waals surface area contributed by atoms with Crippen molar-refractivity contribution in [2.24, 2.45) is 11.8 Å². The third kappa shape index (κ3) is 6.37. The number of piperidine rings is 1. The van der Waals surface area contributed by atoms with Crippen LogP contribution in [0.1, 0.15) is 42.7 Å². The molecular formula is C26H34Cl2N2OS. The van der Waals surface area contributed by atoms with Crippen LogP contribution in [-0.2, 0) is 6.54 Å². The fourth-order valence-corrected chi connectivity index (χ4v) is 6.63. The monoisotopic (exact) mass is 492 g/mol. The third-order valence-corrected chi connectivity index (χ3v) is 8.43. The maximum Gasteiger partial charge on any atom is 0.0577 e. The summed E-state index contributed by atoms with van der Waals surface area (Å²) in [7, 11) is 0. The molecule has 174 valence electrons. The minimum absolute atomic E-state index is 0.227. The Labute approximate surface area is 206 Å². The van der Waals surface area contributed by atoms with Gasteiger partial charge in [0.05, 0.1) is 6.10 Å². The van der Waals surface area contributed by atoms with Crippen molar-refractivity contribution in [1.82, 2.24) is 9.80 Å². The van der Waals surface area contributed by atoms with E-state index in [9.17, 15) is 5.11 Å². The van der Waals surface area contributed by atoms with E-state index in [0.717, 1.165) is 56.3 Å². The molecule has 0 radical (unpaired) electrons. The molecule has 1 aromatic carbocycles. The van der Waals surface area contributed by atoms with Crippen molar-refractivity contribution in [3.8, 4) is 0 Å². The van der Waals surface area contributed by atoms with Crippen molar-refractivity contribution in [1.29, 1.82) is 0 Å². The van der Waals surface area contributed by atoms with Crippen LogP contribution in [-0.4, -0.2) is 53.7 Å². The molecule has 1 unspecified atom stereocenters. The second-order valence-corrected chi connectivity index (χ2v) is 11.1. The van der Waals surface area contributed by atoms with Gasteiger partial charge in [-0.15, -0.1) is 6.58 Å². The largest absolute Gasteiger partial charge is 0.393 e. The lowest BCUT2D eigenvalue weighted by Gasteiger charge is -2.35. The standard InChI is InChI=1S/C26H34Cl2N2OS/c1-2-3-24(31)12-19-6-9-29(10-7-19)15-22-16-30(17-25(22)21-8-11-32-18-21)14-20-4-5-23(27)13-26(20)28/h2,4-5,8,11,13,18-19,22,24-25,31H,1,3,6-7,9-10,12,14-17H2/t22-,24?,25+/m0/s1. The predicted octanol–water partition coefficient (Wildman–Crippen LogP) is 6.31. The summed E-state index contributed by atoms with van der Waals surface area (Å²) in [6.45, 7) is 10.2. The normalized spacial score (nSPS) is 24.1. The van der Waals surface area contributed by atoms with Gasteiger partial charge in [0.2, 0.25) is 0 Å². The molecule has 3 atom stereocenters. The Kier molecular flexibility index (Phi) is 8.72. The molecule has 0 spiro atoms. The quantitative estimate of drug-likeness (QED) is 0.415.